The Kier molecular flexibility index (Phi) is 8.43. The molecule has 5 nitrogen and oxygen atoms in total. The van der Waals surface area contributed by atoms with Crippen LogP contribution >= 0.6 is 15.9 Å². The van der Waals surface area contributed by atoms with Gasteiger partial charge in [0, 0.05) is 19.3 Å². The third-order valence-corrected chi connectivity index (χ3v) is 3.94. The molecule has 1 atom stereocenters. The molecule has 0 radical (unpaired) electrons. The van der Waals surface area contributed by atoms with Gasteiger partial charge in [-0.1, -0.05) is 40.7 Å². The number of Topliss-reactive ketones (excluding diaryl/α,β-unsaturated/α-hetero) is 2. The SMILES string of the molecule is C=Cc1ccc(C(=O)OCCC(=O)CC(Br)C(=O)CCO)cc1. The van der Waals surface area contributed by atoms with Gasteiger partial charge in [0.05, 0.1) is 23.6 Å². The zero-order valence-corrected chi connectivity index (χ0v) is 14.3. The van der Waals surface area contributed by atoms with Crippen LogP contribution in [0, 0.1) is 0 Å². The molecule has 1 aromatic carbocycles. The standard InChI is InChI=1S/C17H19BrO5/c1-2-12-3-5-13(6-4-12)17(22)23-10-8-14(20)11-15(18)16(21)7-9-19/h2-6,15,19H,1,7-11H2. The first-order valence-corrected chi connectivity index (χ1v) is 8.08. The van der Waals surface area contributed by atoms with E-state index in [0.717, 1.165) is 5.56 Å². The number of ether oxygens (including phenoxy) is 1. The van der Waals surface area contributed by atoms with Crippen molar-refractivity contribution >= 4 is 39.5 Å². The molecule has 0 aromatic heterocycles. The molecule has 1 rings (SSSR count). The highest BCUT2D eigenvalue weighted by atomic mass is 79.9. The fourth-order valence-corrected chi connectivity index (χ4v) is 2.37. The summed E-state index contributed by atoms with van der Waals surface area (Å²) in [5.41, 5.74) is 1.30. The Hall–Kier alpha value is -1.79. The van der Waals surface area contributed by atoms with E-state index >= 15 is 0 Å². The van der Waals surface area contributed by atoms with Crippen molar-refractivity contribution in [3.05, 3.63) is 42.0 Å². The first-order valence-electron chi connectivity index (χ1n) is 7.17. The molecule has 0 saturated heterocycles. The third kappa shape index (κ3) is 6.88. The lowest BCUT2D eigenvalue weighted by Gasteiger charge is -2.08. The molecule has 0 amide bonds. The van der Waals surface area contributed by atoms with Crippen molar-refractivity contribution in [2.75, 3.05) is 13.2 Å². The molecule has 124 valence electrons. The van der Waals surface area contributed by atoms with Gasteiger partial charge in [0.2, 0.25) is 0 Å². The molecule has 0 aliphatic rings. The summed E-state index contributed by atoms with van der Waals surface area (Å²) in [6, 6.07) is 6.75. The molecule has 0 aliphatic heterocycles. The minimum absolute atomic E-state index is 0.0128. The van der Waals surface area contributed by atoms with E-state index in [9.17, 15) is 14.4 Å². The number of benzene rings is 1. The molecule has 1 N–H and O–H groups in total. The van der Waals surface area contributed by atoms with Gasteiger partial charge in [-0.15, -0.1) is 0 Å². The van der Waals surface area contributed by atoms with E-state index in [1.807, 2.05) is 0 Å². The maximum absolute atomic E-state index is 11.8. The molecule has 6 heteroatoms. The minimum Gasteiger partial charge on any atom is -0.462 e. The van der Waals surface area contributed by atoms with Crippen molar-refractivity contribution in [1.82, 2.24) is 0 Å². The molecule has 1 unspecified atom stereocenters. The molecule has 1 aromatic rings. The summed E-state index contributed by atoms with van der Waals surface area (Å²) in [4.78, 5) is 34.3. The van der Waals surface area contributed by atoms with E-state index in [1.165, 1.54) is 0 Å². The van der Waals surface area contributed by atoms with Gasteiger partial charge < -0.3 is 9.84 Å². The van der Waals surface area contributed by atoms with Gasteiger partial charge >= 0.3 is 5.97 Å². The zero-order chi connectivity index (χ0) is 17.2. The van der Waals surface area contributed by atoms with E-state index < -0.39 is 10.8 Å². The predicted octanol–water partition coefficient (Wildman–Crippen LogP) is 2.55. The van der Waals surface area contributed by atoms with Crippen molar-refractivity contribution in [3.63, 3.8) is 0 Å². The van der Waals surface area contributed by atoms with Gasteiger partial charge in [-0.2, -0.15) is 0 Å². The number of aliphatic hydroxyl groups excluding tert-OH is 1. The van der Waals surface area contributed by atoms with Crippen molar-refractivity contribution < 1.29 is 24.2 Å². The third-order valence-electron chi connectivity index (χ3n) is 3.11. The van der Waals surface area contributed by atoms with Crippen LogP contribution in [0.4, 0.5) is 0 Å². The number of carbonyl (C=O) groups excluding carboxylic acids is 3. The van der Waals surface area contributed by atoms with E-state index in [4.69, 9.17) is 9.84 Å². The van der Waals surface area contributed by atoms with E-state index in [-0.39, 0.29) is 44.0 Å². The largest absolute Gasteiger partial charge is 0.462 e. The van der Waals surface area contributed by atoms with E-state index in [2.05, 4.69) is 22.5 Å². The minimum atomic E-state index is -0.607. The lowest BCUT2D eigenvalue weighted by Crippen LogP contribution is -2.20. The molecular formula is C17H19BrO5. The average molecular weight is 383 g/mol. The molecule has 0 aliphatic carbocycles. The fraction of sp³-hybridized carbons (Fsp3) is 0.353. The maximum atomic E-state index is 11.8. The Morgan fingerprint density at radius 2 is 1.87 bits per heavy atom. The van der Waals surface area contributed by atoms with Crippen molar-refractivity contribution in [2.45, 2.75) is 24.1 Å². The first-order chi connectivity index (χ1) is 11.0. The van der Waals surface area contributed by atoms with Crippen LogP contribution in [0.2, 0.25) is 0 Å². The molecule has 23 heavy (non-hydrogen) atoms. The summed E-state index contributed by atoms with van der Waals surface area (Å²) in [6.07, 6.45) is 1.75. The van der Waals surface area contributed by atoms with Crippen LogP contribution in [0.1, 0.15) is 35.2 Å². The maximum Gasteiger partial charge on any atom is 0.338 e. The van der Waals surface area contributed by atoms with Crippen LogP contribution < -0.4 is 0 Å². The Morgan fingerprint density at radius 3 is 2.43 bits per heavy atom. The Balaban J connectivity index is 2.34. The number of halogens is 1. The quantitative estimate of drug-likeness (QED) is 0.496. The number of esters is 1. The number of ketones is 2. The number of carbonyl (C=O) groups is 3. The summed E-state index contributed by atoms with van der Waals surface area (Å²) in [5.74, 6) is -0.909. The fourth-order valence-electron chi connectivity index (χ4n) is 1.78. The Labute approximate surface area is 143 Å². The summed E-state index contributed by atoms with van der Waals surface area (Å²) < 4.78 is 5.04. The van der Waals surface area contributed by atoms with Crippen LogP contribution in [0.15, 0.2) is 30.8 Å². The van der Waals surface area contributed by atoms with Gasteiger partial charge in [-0.3, -0.25) is 9.59 Å². The van der Waals surface area contributed by atoms with E-state index in [1.54, 1.807) is 30.3 Å². The van der Waals surface area contributed by atoms with Crippen molar-refractivity contribution in [1.29, 1.82) is 0 Å². The van der Waals surface area contributed by atoms with Gasteiger partial charge in [0.25, 0.3) is 0 Å². The molecule has 0 fully saturated rings. The number of alkyl halides is 1. The summed E-state index contributed by atoms with van der Waals surface area (Å²) in [6.45, 7) is 3.35. The second kappa shape index (κ2) is 10.1. The van der Waals surface area contributed by atoms with Crippen LogP contribution in [0.5, 0.6) is 0 Å². The van der Waals surface area contributed by atoms with Crippen LogP contribution in [-0.2, 0) is 14.3 Å². The van der Waals surface area contributed by atoms with Crippen LogP contribution in [0.3, 0.4) is 0 Å². The molecule has 0 saturated carbocycles. The number of hydrogen-bond donors (Lipinski definition) is 1. The number of rotatable bonds is 10. The Bertz CT molecular complexity index is 565. The number of aliphatic hydroxyl groups is 1. The van der Waals surface area contributed by atoms with Crippen molar-refractivity contribution in [3.8, 4) is 0 Å². The normalized spacial score (nSPS) is 11.6. The van der Waals surface area contributed by atoms with Crippen LogP contribution in [-0.4, -0.2) is 40.7 Å². The summed E-state index contributed by atoms with van der Waals surface area (Å²) in [5, 5.41) is 8.67. The van der Waals surface area contributed by atoms with Gasteiger partial charge in [0.1, 0.15) is 11.6 Å². The highest BCUT2D eigenvalue weighted by Gasteiger charge is 2.18. The monoisotopic (exact) mass is 382 g/mol. The molecule has 0 heterocycles. The van der Waals surface area contributed by atoms with Crippen LogP contribution in [0.25, 0.3) is 6.08 Å². The lowest BCUT2D eigenvalue weighted by atomic mass is 10.1. The van der Waals surface area contributed by atoms with E-state index in [0.29, 0.717) is 5.56 Å². The Morgan fingerprint density at radius 1 is 1.22 bits per heavy atom. The lowest BCUT2D eigenvalue weighted by molar-refractivity contribution is -0.124. The van der Waals surface area contributed by atoms with Crippen molar-refractivity contribution in [2.24, 2.45) is 0 Å². The topological polar surface area (TPSA) is 80.7 Å². The highest BCUT2D eigenvalue weighted by Crippen LogP contribution is 2.11. The average Bonchev–Trinajstić information content (AvgIpc) is 2.54. The highest BCUT2D eigenvalue weighted by molar-refractivity contribution is 9.10. The second-order valence-electron chi connectivity index (χ2n) is 4.86. The summed E-state index contributed by atoms with van der Waals surface area (Å²) in [7, 11) is 0. The first kappa shape index (κ1) is 19.3. The zero-order valence-electron chi connectivity index (χ0n) is 12.7. The molecule has 0 bridgehead atoms. The van der Waals surface area contributed by atoms with Gasteiger partial charge in [0.15, 0.2) is 0 Å². The number of hydrogen-bond acceptors (Lipinski definition) is 5. The smallest absolute Gasteiger partial charge is 0.338 e. The predicted molar refractivity (Wildman–Crippen MR) is 90.5 cm³/mol. The summed E-state index contributed by atoms with van der Waals surface area (Å²) >= 11 is 3.12. The molecular weight excluding hydrogens is 364 g/mol. The van der Waals surface area contributed by atoms with Gasteiger partial charge in [-0.25, -0.2) is 4.79 Å². The molecule has 0 spiro atoms. The second-order valence-corrected chi connectivity index (χ2v) is 5.97. The van der Waals surface area contributed by atoms with Gasteiger partial charge in [-0.05, 0) is 17.7 Å².